The zero-order valence-electron chi connectivity index (χ0n) is 13.0. The summed E-state index contributed by atoms with van der Waals surface area (Å²) >= 11 is 0. The van der Waals surface area contributed by atoms with Gasteiger partial charge >= 0.3 is 6.09 Å². The number of fused-ring (bicyclic) bond motifs is 2. The number of hydrogen-bond donors (Lipinski definition) is 1. The van der Waals surface area contributed by atoms with Crippen LogP contribution in [0.3, 0.4) is 0 Å². The summed E-state index contributed by atoms with van der Waals surface area (Å²) in [5.74, 6) is 2.75. The van der Waals surface area contributed by atoms with Crippen LogP contribution in [0.5, 0.6) is 28.7 Å². The molecule has 7 nitrogen and oxygen atoms in total. The number of anilines is 1. The Labute approximate surface area is 138 Å². The van der Waals surface area contributed by atoms with Crippen molar-refractivity contribution in [3.05, 3.63) is 36.4 Å². The second kappa shape index (κ2) is 5.61. The molecular weight excluding hydrogens is 312 g/mol. The van der Waals surface area contributed by atoms with E-state index in [1.807, 2.05) is 6.07 Å². The van der Waals surface area contributed by atoms with E-state index in [1.165, 1.54) is 4.90 Å². The summed E-state index contributed by atoms with van der Waals surface area (Å²) in [6.45, 7) is 0.701. The van der Waals surface area contributed by atoms with Gasteiger partial charge in [-0.25, -0.2) is 4.79 Å². The fraction of sp³-hybridized carbons (Fsp3) is 0.235. The molecule has 0 aliphatic carbocycles. The van der Waals surface area contributed by atoms with Crippen molar-refractivity contribution in [3.63, 3.8) is 0 Å². The zero-order chi connectivity index (χ0) is 16.7. The average Bonchev–Trinajstić information content (AvgIpc) is 3.00. The van der Waals surface area contributed by atoms with Crippen molar-refractivity contribution < 1.29 is 23.7 Å². The van der Waals surface area contributed by atoms with Gasteiger partial charge in [-0.2, -0.15) is 0 Å². The summed E-state index contributed by atoms with van der Waals surface area (Å²) in [5, 5.41) is 0. The van der Waals surface area contributed by atoms with Gasteiger partial charge in [-0.3, -0.25) is 4.90 Å². The number of ether oxygens (including phenoxy) is 4. The Bertz CT molecular complexity index is 808. The number of methoxy groups -OCH3 is 1. The fourth-order valence-electron chi connectivity index (χ4n) is 2.75. The summed E-state index contributed by atoms with van der Waals surface area (Å²) in [6, 6.07) is 10.7. The minimum Gasteiger partial charge on any atom is -0.493 e. The SMILES string of the molecule is COc1cccc2c1Oc1cc(N3C[C@H](CN)OC3=O)ccc1O2. The van der Waals surface area contributed by atoms with Crippen LogP contribution in [0.25, 0.3) is 0 Å². The number of rotatable bonds is 3. The van der Waals surface area contributed by atoms with Crippen molar-refractivity contribution in [2.24, 2.45) is 5.73 Å². The Kier molecular flexibility index (Phi) is 3.42. The molecule has 7 heteroatoms. The lowest BCUT2D eigenvalue weighted by Gasteiger charge is -2.23. The van der Waals surface area contributed by atoms with Gasteiger partial charge in [-0.15, -0.1) is 0 Å². The fourth-order valence-corrected chi connectivity index (χ4v) is 2.75. The molecule has 0 spiro atoms. The van der Waals surface area contributed by atoms with Gasteiger partial charge in [0.2, 0.25) is 5.75 Å². The Morgan fingerprint density at radius 3 is 2.83 bits per heavy atom. The lowest BCUT2D eigenvalue weighted by molar-refractivity contribution is 0.145. The third-order valence-electron chi connectivity index (χ3n) is 3.97. The van der Waals surface area contributed by atoms with E-state index in [9.17, 15) is 4.79 Å². The van der Waals surface area contributed by atoms with Crippen LogP contribution < -0.4 is 24.8 Å². The van der Waals surface area contributed by atoms with Gasteiger partial charge in [0, 0.05) is 12.6 Å². The van der Waals surface area contributed by atoms with E-state index in [4.69, 9.17) is 24.7 Å². The lowest BCUT2D eigenvalue weighted by atomic mass is 10.2. The predicted molar refractivity (Wildman–Crippen MR) is 86.3 cm³/mol. The van der Waals surface area contributed by atoms with E-state index in [-0.39, 0.29) is 12.6 Å². The van der Waals surface area contributed by atoms with E-state index < -0.39 is 6.09 Å². The number of amides is 1. The highest BCUT2D eigenvalue weighted by Crippen LogP contribution is 2.50. The summed E-state index contributed by atoms with van der Waals surface area (Å²) in [4.78, 5) is 13.5. The first-order valence-corrected chi connectivity index (χ1v) is 7.54. The van der Waals surface area contributed by atoms with Gasteiger partial charge in [0.05, 0.1) is 19.3 Å². The second-order valence-electron chi connectivity index (χ2n) is 5.47. The van der Waals surface area contributed by atoms with Gasteiger partial charge in [-0.05, 0) is 24.3 Å². The number of cyclic esters (lactones) is 1. The van der Waals surface area contributed by atoms with Crippen molar-refractivity contribution in [1.82, 2.24) is 0 Å². The van der Waals surface area contributed by atoms with Crippen molar-refractivity contribution in [1.29, 1.82) is 0 Å². The Balaban J connectivity index is 1.67. The van der Waals surface area contributed by atoms with Crippen LogP contribution in [0, 0.1) is 0 Å². The molecule has 1 saturated heterocycles. The van der Waals surface area contributed by atoms with E-state index in [0.717, 1.165) is 0 Å². The maximum Gasteiger partial charge on any atom is 0.414 e. The number of benzene rings is 2. The molecule has 2 aliphatic heterocycles. The standard InChI is InChI=1S/C17H16N2O5/c1-21-13-3-2-4-14-16(13)24-15-7-10(5-6-12(15)23-14)19-9-11(8-18)22-17(19)20/h2-7,11H,8-9,18H2,1H3/t11-/m0/s1. The van der Waals surface area contributed by atoms with E-state index >= 15 is 0 Å². The topological polar surface area (TPSA) is 83.3 Å². The molecule has 2 aromatic carbocycles. The Morgan fingerprint density at radius 2 is 2.08 bits per heavy atom. The molecule has 124 valence electrons. The lowest BCUT2D eigenvalue weighted by Crippen LogP contribution is -2.27. The van der Waals surface area contributed by atoms with Crippen LogP contribution in [0.4, 0.5) is 10.5 Å². The molecule has 1 atom stereocenters. The van der Waals surface area contributed by atoms with Crippen LogP contribution in [0.2, 0.25) is 0 Å². The highest BCUT2D eigenvalue weighted by Gasteiger charge is 2.32. The normalized spacial score (nSPS) is 18.2. The number of nitrogens with zero attached hydrogens (tertiary/aromatic N) is 1. The van der Waals surface area contributed by atoms with Crippen LogP contribution in [0.15, 0.2) is 36.4 Å². The number of hydrogen-bond acceptors (Lipinski definition) is 6. The highest BCUT2D eigenvalue weighted by atomic mass is 16.6. The van der Waals surface area contributed by atoms with Gasteiger partial charge in [0.15, 0.2) is 23.0 Å². The number of para-hydroxylation sites is 1. The highest BCUT2D eigenvalue weighted by molar-refractivity contribution is 5.90. The molecule has 1 amide bonds. The first kappa shape index (κ1) is 14.6. The molecule has 2 heterocycles. The van der Waals surface area contributed by atoms with Crippen molar-refractivity contribution >= 4 is 11.8 Å². The molecule has 2 N–H and O–H groups in total. The zero-order valence-corrected chi connectivity index (χ0v) is 13.0. The van der Waals surface area contributed by atoms with Crippen LogP contribution in [-0.4, -0.2) is 32.4 Å². The minimum absolute atomic E-state index is 0.289. The molecule has 0 aromatic heterocycles. The largest absolute Gasteiger partial charge is 0.493 e. The number of carbonyl (C=O) groups excluding carboxylic acids is 1. The Morgan fingerprint density at radius 1 is 1.21 bits per heavy atom. The molecule has 0 bridgehead atoms. The molecular formula is C17H16N2O5. The quantitative estimate of drug-likeness (QED) is 0.796. The number of carbonyl (C=O) groups is 1. The maximum atomic E-state index is 12.0. The molecule has 2 aromatic rings. The first-order chi connectivity index (χ1) is 11.7. The monoisotopic (exact) mass is 328 g/mol. The van der Waals surface area contributed by atoms with E-state index in [2.05, 4.69) is 0 Å². The van der Waals surface area contributed by atoms with Crippen molar-refractivity contribution in [2.75, 3.05) is 25.1 Å². The van der Waals surface area contributed by atoms with Gasteiger partial charge in [-0.1, -0.05) is 6.07 Å². The van der Waals surface area contributed by atoms with Crippen LogP contribution in [-0.2, 0) is 4.74 Å². The predicted octanol–water partition coefficient (Wildman–Crippen LogP) is 2.88. The van der Waals surface area contributed by atoms with E-state index in [0.29, 0.717) is 41.0 Å². The smallest absolute Gasteiger partial charge is 0.414 e. The molecule has 1 fully saturated rings. The third kappa shape index (κ3) is 2.30. The van der Waals surface area contributed by atoms with Gasteiger partial charge in [0.1, 0.15) is 6.10 Å². The van der Waals surface area contributed by atoms with Gasteiger partial charge < -0.3 is 24.7 Å². The van der Waals surface area contributed by atoms with E-state index in [1.54, 1.807) is 37.4 Å². The molecule has 24 heavy (non-hydrogen) atoms. The molecule has 0 radical (unpaired) electrons. The summed E-state index contributed by atoms with van der Waals surface area (Å²) in [6.07, 6.45) is -0.716. The summed E-state index contributed by atoms with van der Waals surface area (Å²) in [5.41, 5.74) is 6.23. The Hall–Kier alpha value is -2.93. The van der Waals surface area contributed by atoms with Gasteiger partial charge in [0.25, 0.3) is 0 Å². The molecule has 0 unspecified atom stereocenters. The summed E-state index contributed by atoms with van der Waals surface area (Å²) < 4.78 is 22.3. The first-order valence-electron chi connectivity index (χ1n) is 7.54. The molecule has 0 saturated carbocycles. The van der Waals surface area contributed by atoms with Crippen molar-refractivity contribution in [2.45, 2.75) is 6.10 Å². The molecule has 2 aliphatic rings. The van der Waals surface area contributed by atoms with Crippen molar-refractivity contribution in [3.8, 4) is 28.7 Å². The number of nitrogens with two attached hydrogens (primary N) is 1. The average molecular weight is 328 g/mol. The second-order valence-corrected chi connectivity index (χ2v) is 5.47. The van der Waals surface area contributed by atoms with Crippen LogP contribution >= 0.6 is 0 Å². The maximum absolute atomic E-state index is 12.0. The molecule has 4 rings (SSSR count). The third-order valence-corrected chi connectivity index (χ3v) is 3.97. The van der Waals surface area contributed by atoms with Crippen LogP contribution in [0.1, 0.15) is 0 Å². The minimum atomic E-state index is -0.417. The summed E-state index contributed by atoms with van der Waals surface area (Å²) in [7, 11) is 1.57.